The number of rotatable bonds is 4. The van der Waals surface area contributed by atoms with E-state index in [2.05, 4.69) is 79.4 Å². The molecule has 2 atom stereocenters. The van der Waals surface area contributed by atoms with Crippen LogP contribution in [0.3, 0.4) is 0 Å². The van der Waals surface area contributed by atoms with E-state index in [1.165, 1.54) is 36.0 Å². The molecule has 2 aliphatic rings. The zero-order chi connectivity index (χ0) is 16.5. The third-order valence-corrected chi connectivity index (χ3v) is 5.68. The van der Waals surface area contributed by atoms with Crippen LogP contribution in [0.15, 0.2) is 60.7 Å². The molecule has 0 spiro atoms. The van der Waals surface area contributed by atoms with Crippen molar-refractivity contribution in [3.8, 4) is 0 Å². The van der Waals surface area contributed by atoms with Crippen molar-refractivity contribution in [1.82, 2.24) is 4.90 Å². The maximum absolute atomic E-state index is 2.72. The summed E-state index contributed by atoms with van der Waals surface area (Å²) >= 11 is 0. The van der Waals surface area contributed by atoms with Crippen molar-refractivity contribution in [2.45, 2.75) is 57.7 Å². The molecule has 0 radical (unpaired) electrons. The summed E-state index contributed by atoms with van der Waals surface area (Å²) in [6, 6.07) is 21.2. The number of nitrogens with zero attached hydrogens (tertiary/aromatic N) is 1. The highest BCUT2D eigenvalue weighted by molar-refractivity contribution is 5.71. The Labute approximate surface area is 146 Å². The van der Waals surface area contributed by atoms with Gasteiger partial charge < -0.3 is 0 Å². The van der Waals surface area contributed by atoms with E-state index < -0.39 is 0 Å². The van der Waals surface area contributed by atoms with Crippen molar-refractivity contribution in [1.29, 1.82) is 0 Å². The van der Waals surface area contributed by atoms with Crippen molar-refractivity contribution < 1.29 is 0 Å². The molecule has 1 saturated heterocycles. The summed E-state index contributed by atoms with van der Waals surface area (Å²) in [5.41, 5.74) is 6.01. The fraction of sp³-hybridized carbons (Fsp3) is 0.391. The first-order valence-electron chi connectivity index (χ1n) is 9.32. The van der Waals surface area contributed by atoms with Crippen molar-refractivity contribution in [2.75, 3.05) is 0 Å². The summed E-state index contributed by atoms with van der Waals surface area (Å²) in [5.74, 6) is 0.585. The van der Waals surface area contributed by atoms with E-state index in [0.29, 0.717) is 18.0 Å². The van der Waals surface area contributed by atoms with Crippen LogP contribution in [-0.2, 0) is 6.54 Å². The van der Waals surface area contributed by atoms with Gasteiger partial charge in [0, 0.05) is 18.6 Å². The lowest BCUT2D eigenvalue weighted by atomic mass is 9.87. The minimum absolute atomic E-state index is 0.585. The van der Waals surface area contributed by atoms with Gasteiger partial charge in [0.1, 0.15) is 0 Å². The molecular weight excluding hydrogens is 290 g/mol. The summed E-state index contributed by atoms with van der Waals surface area (Å²) in [4.78, 5) is 2.72. The van der Waals surface area contributed by atoms with Gasteiger partial charge in [-0.3, -0.25) is 4.90 Å². The molecule has 124 valence electrons. The Morgan fingerprint density at radius 2 is 1.71 bits per heavy atom. The van der Waals surface area contributed by atoms with Gasteiger partial charge in [-0.1, -0.05) is 74.5 Å². The van der Waals surface area contributed by atoms with Crippen LogP contribution in [-0.4, -0.2) is 17.0 Å². The Kier molecular flexibility index (Phi) is 4.28. The highest BCUT2D eigenvalue weighted by Crippen LogP contribution is 2.41. The molecule has 1 heteroatoms. The number of benzene rings is 2. The Balaban J connectivity index is 1.61. The zero-order valence-electron chi connectivity index (χ0n) is 14.8. The number of fused-ring (bicyclic) bond motifs is 2. The maximum Gasteiger partial charge on any atom is 0.0291 e. The highest BCUT2D eigenvalue weighted by Gasteiger charge is 2.36. The molecule has 0 N–H and O–H groups in total. The summed E-state index contributed by atoms with van der Waals surface area (Å²) in [5, 5.41) is 0. The summed E-state index contributed by atoms with van der Waals surface area (Å²) < 4.78 is 0. The Morgan fingerprint density at radius 3 is 2.46 bits per heavy atom. The van der Waals surface area contributed by atoms with Crippen LogP contribution in [0.25, 0.3) is 5.57 Å². The maximum atomic E-state index is 2.72. The average Bonchev–Trinajstić information content (AvgIpc) is 2.84. The molecule has 0 amide bonds. The van der Waals surface area contributed by atoms with Crippen LogP contribution in [0.5, 0.6) is 0 Å². The molecule has 2 aliphatic heterocycles. The van der Waals surface area contributed by atoms with E-state index in [9.17, 15) is 0 Å². The second kappa shape index (κ2) is 6.57. The average molecular weight is 317 g/mol. The molecule has 0 aliphatic carbocycles. The molecule has 2 aromatic rings. The van der Waals surface area contributed by atoms with Crippen LogP contribution >= 0.6 is 0 Å². The second-order valence-electron chi connectivity index (χ2n) is 7.59. The van der Waals surface area contributed by atoms with Crippen molar-refractivity contribution >= 4 is 5.57 Å². The first-order chi connectivity index (χ1) is 11.7. The van der Waals surface area contributed by atoms with E-state index in [1.807, 2.05) is 0 Å². The normalized spacial score (nSPS) is 23.5. The molecule has 0 aromatic heterocycles. The second-order valence-corrected chi connectivity index (χ2v) is 7.59. The molecule has 2 heterocycles. The van der Waals surface area contributed by atoms with Crippen molar-refractivity contribution in [2.24, 2.45) is 0 Å². The third-order valence-electron chi connectivity index (χ3n) is 5.68. The summed E-state index contributed by atoms with van der Waals surface area (Å²) in [7, 11) is 0. The van der Waals surface area contributed by atoms with E-state index in [4.69, 9.17) is 0 Å². The quantitative estimate of drug-likeness (QED) is 0.706. The molecule has 2 unspecified atom stereocenters. The predicted molar refractivity (Wildman–Crippen MR) is 102 cm³/mol. The van der Waals surface area contributed by atoms with Gasteiger partial charge in [-0.05, 0) is 47.4 Å². The largest absolute Gasteiger partial charge is 0.289 e. The molecule has 1 fully saturated rings. The van der Waals surface area contributed by atoms with Gasteiger partial charge in [-0.25, -0.2) is 0 Å². The van der Waals surface area contributed by atoms with E-state index in [1.54, 1.807) is 5.57 Å². The van der Waals surface area contributed by atoms with Gasteiger partial charge >= 0.3 is 0 Å². The molecule has 1 nitrogen and oxygen atoms in total. The summed E-state index contributed by atoms with van der Waals surface area (Å²) in [6.45, 7) is 5.70. The minimum Gasteiger partial charge on any atom is -0.289 e. The van der Waals surface area contributed by atoms with Crippen LogP contribution < -0.4 is 0 Å². The SMILES string of the molecule is CC(C)c1ccccc1C1=CC2CCC(C1)N2Cc1ccccc1. The van der Waals surface area contributed by atoms with Crippen molar-refractivity contribution in [3.05, 3.63) is 77.4 Å². The molecule has 24 heavy (non-hydrogen) atoms. The van der Waals surface area contributed by atoms with E-state index in [-0.39, 0.29) is 0 Å². The van der Waals surface area contributed by atoms with Gasteiger partial charge in [-0.2, -0.15) is 0 Å². The fourth-order valence-electron chi connectivity index (χ4n) is 4.45. The standard InChI is InChI=1S/C23H27N/c1-17(2)22-10-6-7-11-23(22)19-14-20-12-13-21(15-19)24(20)16-18-8-4-3-5-9-18/h3-11,14,17,20-21H,12-13,15-16H2,1-2H3. The molecule has 2 aromatic carbocycles. The Hall–Kier alpha value is -1.86. The number of hydrogen-bond acceptors (Lipinski definition) is 1. The van der Waals surface area contributed by atoms with Gasteiger partial charge in [0.25, 0.3) is 0 Å². The van der Waals surface area contributed by atoms with Gasteiger partial charge in [-0.15, -0.1) is 0 Å². The first-order valence-corrected chi connectivity index (χ1v) is 9.32. The lowest BCUT2D eigenvalue weighted by molar-refractivity contribution is 0.203. The molecule has 0 saturated carbocycles. The van der Waals surface area contributed by atoms with E-state index in [0.717, 1.165) is 6.54 Å². The Bertz CT molecular complexity index is 729. The highest BCUT2D eigenvalue weighted by atomic mass is 15.2. The fourth-order valence-corrected chi connectivity index (χ4v) is 4.45. The monoisotopic (exact) mass is 317 g/mol. The zero-order valence-corrected chi connectivity index (χ0v) is 14.8. The predicted octanol–water partition coefficient (Wildman–Crippen LogP) is 5.63. The van der Waals surface area contributed by atoms with Crippen molar-refractivity contribution in [3.63, 3.8) is 0 Å². The first kappa shape index (κ1) is 15.7. The van der Waals surface area contributed by atoms with E-state index >= 15 is 0 Å². The minimum atomic E-state index is 0.585. The third kappa shape index (κ3) is 2.93. The lowest BCUT2D eigenvalue weighted by Gasteiger charge is -2.34. The topological polar surface area (TPSA) is 3.24 Å². The van der Waals surface area contributed by atoms with Crippen LogP contribution in [0, 0.1) is 0 Å². The molecule has 2 bridgehead atoms. The molecular formula is C23H27N. The van der Waals surface area contributed by atoms with Gasteiger partial charge in [0.15, 0.2) is 0 Å². The number of hydrogen-bond donors (Lipinski definition) is 0. The smallest absolute Gasteiger partial charge is 0.0291 e. The lowest BCUT2D eigenvalue weighted by Crippen LogP contribution is -2.37. The van der Waals surface area contributed by atoms with Gasteiger partial charge in [0.05, 0.1) is 0 Å². The van der Waals surface area contributed by atoms with Crippen LogP contribution in [0.4, 0.5) is 0 Å². The van der Waals surface area contributed by atoms with Gasteiger partial charge in [0.2, 0.25) is 0 Å². The van der Waals surface area contributed by atoms with Crippen LogP contribution in [0.2, 0.25) is 0 Å². The summed E-state index contributed by atoms with van der Waals surface area (Å²) in [6.07, 6.45) is 6.41. The van der Waals surface area contributed by atoms with Crippen LogP contribution in [0.1, 0.15) is 55.7 Å². The molecule has 4 rings (SSSR count). The Morgan fingerprint density at radius 1 is 0.958 bits per heavy atom.